The zero-order valence-electron chi connectivity index (χ0n) is 14.9. The summed E-state index contributed by atoms with van der Waals surface area (Å²) in [6.45, 7) is 0.753. The molecule has 0 atom stereocenters. The normalized spacial score (nSPS) is 11.7. The molecule has 0 aromatic rings. The van der Waals surface area contributed by atoms with Crippen molar-refractivity contribution in [1.29, 1.82) is 0 Å². The van der Waals surface area contributed by atoms with Crippen LogP contribution in [0.5, 0.6) is 0 Å². The number of alkyl halides is 3. The van der Waals surface area contributed by atoms with Crippen molar-refractivity contribution in [1.82, 2.24) is 0 Å². The van der Waals surface area contributed by atoms with Gasteiger partial charge in [0.25, 0.3) is 0 Å². The lowest BCUT2D eigenvalue weighted by Gasteiger charge is -2.05. The summed E-state index contributed by atoms with van der Waals surface area (Å²) in [7, 11) is 0. The second kappa shape index (κ2) is 14.8. The van der Waals surface area contributed by atoms with Crippen molar-refractivity contribution in [2.24, 2.45) is 0 Å². The van der Waals surface area contributed by atoms with Gasteiger partial charge in [-0.3, -0.25) is 0 Å². The van der Waals surface area contributed by atoms with Gasteiger partial charge in [0.2, 0.25) is 0 Å². The van der Waals surface area contributed by atoms with Gasteiger partial charge in [-0.25, -0.2) is 9.59 Å². The van der Waals surface area contributed by atoms with Crippen LogP contribution in [0.1, 0.15) is 71.1 Å². The lowest BCUT2D eigenvalue weighted by molar-refractivity contribution is -0.182. The number of halogens is 3. The molecule has 0 bridgehead atoms. The van der Waals surface area contributed by atoms with Crippen molar-refractivity contribution in [3.63, 3.8) is 0 Å². The van der Waals surface area contributed by atoms with E-state index in [2.05, 4.69) is 11.7 Å². The largest absolute Gasteiger partial charge is 0.463 e. The SMILES string of the molecule is CCCCCCCCCCCCOC(=O)/C=C/C(=O)OCC(F)(F)F. The maximum absolute atomic E-state index is 11.8. The van der Waals surface area contributed by atoms with E-state index in [1.807, 2.05) is 0 Å². The Morgan fingerprint density at radius 2 is 1.20 bits per heavy atom. The fourth-order valence-electron chi connectivity index (χ4n) is 2.15. The fraction of sp³-hybridized carbons (Fsp3) is 0.778. The van der Waals surface area contributed by atoms with Gasteiger partial charge >= 0.3 is 18.1 Å². The summed E-state index contributed by atoms with van der Waals surface area (Å²) < 4.78 is 44.2. The van der Waals surface area contributed by atoms with Crippen molar-refractivity contribution < 1.29 is 32.2 Å². The molecule has 0 aliphatic rings. The van der Waals surface area contributed by atoms with Crippen molar-refractivity contribution in [2.75, 3.05) is 13.2 Å². The molecule has 0 aromatic heterocycles. The standard InChI is InChI=1S/C18H29F3O4/c1-2-3-4-5-6-7-8-9-10-11-14-24-16(22)12-13-17(23)25-15-18(19,20)21/h12-13H,2-11,14-15H2,1H3/b13-12+. The summed E-state index contributed by atoms with van der Waals surface area (Å²) in [6.07, 6.45) is 8.43. The molecule has 0 fully saturated rings. The van der Waals surface area contributed by atoms with E-state index >= 15 is 0 Å². The third-order valence-electron chi connectivity index (χ3n) is 3.48. The highest BCUT2D eigenvalue weighted by Gasteiger charge is 2.29. The van der Waals surface area contributed by atoms with Gasteiger partial charge in [-0.05, 0) is 6.42 Å². The summed E-state index contributed by atoms with van der Waals surface area (Å²) in [5.74, 6) is -1.99. The number of esters is 2. The second-order valence-corrected chi connectivity index (χ2v) is 5.91. The molecule has 0 rings (SSSR count). The van der Waals surface area contributed by atoms with Crippen molar-refractivity contribution >= 4 is 11.9 Å². The topological polar surface area (TPSA) is 52.6 Å². The minimum absolute atomic E-state index is 0.233. The number of rotatable bonds is 14. The molecule has 146 valence electrons. The molecule has 0 N–H and O–H groups in total. The van der Waals surface area contributed by atoms with Crippen LogP contribution in [0.3, 0.4) is 0 Å². The summed E-state index contributed by atoms with van der Waals surface area (Å²) in [4.78, 5) is 22.2. The van der Waals surface area contributed by atoms with Gasteiger partial charge < -0.3 is 9.47 Å². The van der Waals surface area contributed by atoms with Crippen LogP contribution < -0.4 is 0 Å². The van der Waals surface area contributed by atoms with Crippen LogP contribution in [0.25, 0.3) is 0 Å². The van der Waals surface area contributed by atoms with E-state index in [0.717, 1.165) is 25.3 Å². The molecule has 0 aliphatic carbocycles. The molecule has 0 aliphatic heterocycles. The number of hydrogen-bond acceptors (Lipinski definition) is 4. The highest BCUT2D eigenvalue weighted by atomic mass is 19.4. The molecule has 0 saturated heterocycles. The molecule has 25 heavy (non-hydrogen) atoms. The Balaban J connectivity index is 3.49. The van der Waals surface area contributed by atoms with Crippen LogP contribution in [0.4, 0.5) is 13.2 Å². The van der Waals surface area contributed by atoms with Gasteiger partial charge in [-0.15, -0.1) is 0 Å². The van der Waals surface area contributed by atoms with Crippen molar-refractivity contribution in [3.05, 3.63) is 12.2 Å². The number of ether oxygens (including phenoxy) is 2. The van der Waals surface area contributed by atoms with Crippen LogP contribution >= 0.6 is 0 Å². The fourth-order valence-corrected chi connectivity index (χ4v) is 2.15. The van der Waals surface area contributed by atoms with Gasteiger partial charge in [0.15, 0.2) is 6.61 Å². The van der Waals surface area contributed by atoms with E-state index in [4.69, 9.17) is 4.74 Å². The van der Waals surface area contributed by atoms with E-state index in [9.17, 15) is 22.8 Å². The molecule has 0 heterocycles. The Morgan fingerprint density at radius 1 is 0.760 bits per heavy atom. The first kappa shape index (κ1) is 23.5. The minimum atomic E-state index is -4.58. The van der Waals surface area contributed by atoms with Crippen LogP contribution in [0.15, 0.2) is 12.2 Å². The van der Waals surface area contributed by atoms with Crippen LogP contribution in [0.2, 0.25) is 0 Å². The quantitative estimate of drug-likeness (QED) is 0.243. The van der Waals surface area contributed by atoms with Gasteiger partial charge in [0, 0.05) is 12.2 Å². The Hall–Kier alpha value is -1.53. The number of unbranched alkanes of at least 4 members (excludes halogenated alkanes) is 9. The second-order valence-electron chi connectivity index (χ2n) is 5.91. The number of carbonyl (C=O) groups excluding carboxylic acids is 2. The first-order valence-corrected chi connectivity index (χ1v) is 8.93. The first-order valence-electron chi connectivity index (χ1n) is 8.93. The average molecular weight is 366 g/mol. The third-order valence-corrected chi connectivity index (χ3v) is 3.48. The molecule has 4 nitrogen and oxygen atoms in total. The third kappa shape index (κ3) is 18.6. The Labute approximate surface area is 147 Å². The summed E-state index contributed by atoms with van der Waals surface area (Å²) in [6, 6.07) is 0. The highest BCUT2D eigenvalue weighted by Crippen LogP contribution is 2.14. The molecular formula is C18H29F3O4. The maximum atomic E-state index is 11.8. The van der Waals surface area contributed by atoms with E-state index in [-0.39, 0.29) is 6.61 Å². The monoisotopic (exact) mass is 366 g/mol. The van der Waals surface area contributed by atoms with E-state index in [1.165, 1.54) is 44.9 Å². The van der Waals surface area contributed by atoms with Gasteiger partial charge in [0.1, 0.15) is 0 Å². The number of hydrogen-bond donors (Lipinski definition) is 0. The van der Waals surface area contributed by atoms with E-state index < -0.39 is 24.7 Å². The molecule has 7 heteroatoms. The predicted molar refractivity (Wildman–Crippen MR) is 89.0 cm³/mol. The summed E-state index contributed by atoms with van der Waals surface area (Å²) in [5.41, 5.74) is 0. The predicted octanol–water partition coefficient (Wildman–Crippen LogP) is 5.11. The van der Waals surface area contributed by atoms with Crippen molar-refractivity contribution in [3.8, 4) is 0 Å². The smallest absolute Gasteiger partial charge is 0.422 e. The van der Waals surface area contributed by atoms with Crippen LogP contribution in [-0.4, -0.2) is 31.3 Å². The Kier molecular flexibility index (Phi) is 13.9. The first-order chi connectivity index (χ1) is 11.8. The van der Waals surface area contributed by atoms with Crippen LogP contribution in [-0.2, 0) is 19.1 Å². The van der Waals surface area contributed by atoms with Gasteiger partial charge in [-0.1, -0.05) is 64.7 Å². The van der Waals surface area contributed by atoms with Gasteiger partial charge in [0.05, 0.1) is 6.61 Å². The Morgan fingerprint density at radius 3 is 1.68 bits per heavy atom. The molecule has 0 radical (unpaired) electrons. The zero-order valence-corrected chi connectivity index (χ0v) is 14.9. The lowest BCUT2D eigenvalue weighted by Crippen LogP contribution is -2.19. The average Bonchev–Trinajstić information content (AvgIpc) is 2.55. The molecule has 0 spiro atoms. The van der Waals surface area contributed by atoms with Crippen molar-refractivity contribution in [2.45, 2.75) is 77.3 Å². The van der Waals surface area contributed by atoms with Gasteiger partial charge in [-0.2, -0.15) is 13.2 Å². The minimum Gasteiger partial charge on any atom is -0.463 e. The van der Waals surface area contributed by atoms with E-state index in [1.54, 1.807) is 0 Å². The van der Waals surface area contributed by atoms with E-state index in [0.29, 0.717) is 6.08 Å². The molecular weight excluding hydrogens is 337 g/mol. The summed E-state index contributed by atoms with van der Waals surface area (Å²) in [5, 5.41) is 0. The van der Waals surface area contributed by atoms with Crippen LogP contribution in [0, 0.1) is 0 Å². The molecule has 0 amide bonds. The zero-order chi connectivity index (χ0) is 19.0. The molecule has 0 saturated carbocycles. The lowest BCUT2D eigenvalue weighted by atomic mass is 10.1. The molecule has 0 aromatic carbocycles. The summed E-state index contributed by atoms with van der Waals surface area (Å²) >= 11 is 0. The molecule has 0 unspecified atom stereocenters. The highest BCUT2D eigenvalue weighted by molar-refractivity contribution is 5.91. The maximum Gasteiger partial charge on any atom is 0.422 e. The Bertz CT molecular complexity index is 392. The number of carbonyl (C=O) groups is 2.